The number of carbonyl (C=O) groups excluding carboxylic acids is 1. The number of rotatable bonds is 4. The zero-order valence-electron chi connectivity index (χ0n) is 14.1. The summed E-state index contributed by atoms with van der Waals surface area (Å²) in [5.74, 6) is -0.380. The van der Waals surface area contributed by atoms with Gasteiger partial charge >= 0.3 is 0 Å². The molecule has 0 radical (unpaired) electrons. The molecule has 0 aliphatic heterocycles. The number of carbonyl (C=O) groups is 1. The fourth-order valence-corrected chi connectivity index (χ4v) is 2.73. The maximum absolute atomic E-state index is 12.3. The van der Waals surface area contributed by atoms with E-state index >= 15 is 0 Å². The van der Waals surface area contributed by atoms with Crippen LogP contribution >= 0.6 is 11.6 Å². The summed E-state index contributed by atoms with van der Waals surface area (Å²) >= 11 is 5.81. The summed E-state index contributed by atoms with van der Waals surface area (Å²) in [4.78, 5) is 23.3. The van der Waals surface area contributed by atoms with E-state index in [0.29, 0.717) is 22.0 Å². The number of benzene rings is 2. The van der Waals surface area contributed by atoms with Crippen LogP contribution in [0.4, 0.5) is 11.4 Å². The summed E-state index contributed by atoms with van der Waals surface area (Å²) in [6.07, 6.45) is 0. The first-order valence-electron chi connectivity index (χ1n) is 7.74. The summed E-state index contributed by atoms with van der Waals surface area (Å²) in [5.41, 5.74) is 2.46. The number of anilines is 1. The normalized spacial score (nSPS) is 10.6. The van der Waals surface area contributed by atoms with Gasteiger partial charge in [0.25, 0.3) is 11.6 Å². The molecule has 1 N–H and O–H groups in total. The summed E-state index contributed by atoms with van der Waals surface area (Å²) in [6, 6.07) is 12.7. The van der Waals surface area contributed by atoms with E-state index in [2.05, 4.69) is 10.4 Å². The van der Waals surface area contributed by atoms with Crippen LogP contribution in [0.25, 0.3) is 5.69 Å². The summed E-state index contributed by atoms with van der Waals surface area (Å²) in [7, 11) is 0. The number of nitro groups is 1. The minimum absolute atomic E-state index is 0.148. The monoisotopic (exact) mass is 370 g/mol. The molecule has 3 rings (SSSR count). The van der Waals surface area contributed by atoms with Gasteiger partial charge in [-0.1, -0.05) is 11.6 Å². The topological polar surface area (TPSA) is 90.1 Å². The smallest absolute Gasteiger partial charge is 0.296 e. The molecule has 0 saturated carbocycles. The number of amides is 1. The Balaban J connectivity index is 1.94. The molecule has 2 aromatic carbocycles. The lowest BCUT2D eigenvalue weighted by Gasteiger charge is -2.09. The molecule has 1 heterocycles. The van der Waals surface area contributed by atoms with Crippen molar-refractivity contribution in [1.29, 1.82) is 0 Å². The highest BCUT2D eigenvalue weighted by Gasteiger charge is 2.19. The van der Waals surface area contributed by atoms with Gasteiger partial charge in [-0.25, -0.2) is 4.68 Å². The largest absolute Gasteiger partial charge is 0.322 e. The maximum atomic E-state index is 12.3. The fourth-order valence-electron chi connectivity index (χ4n) is 2.60. The number of hydrogen-bond donors (Lipinski definition) is 1. The molecule has 0 bridgehead atoms. The summed E-state index contributed by atoms with van der Waals surface area (Å²) < 4.78 is 1.51. The number of hydrogen-bond acceptors (Lipinski definition) is 4. The number of nitrogens with one attached hydrogen (secondary N) is 1. The van der Waals surface area contributed by atoms with Gasteiger partial charge in [0.1, 0.15) is 5.69 Å². The van der Waals surface area contributed by atoms with Crippen molar-refractivity contribution in [2.24, 2.45) is 0 Å². The van der Waals surface area contributed by atoms with Gasteiger partial charge in [-0.15, -0.1) is 0 Å². The Morgan fingerprint density at radius 3 is 2.42 bits per heavy atom. The van der Waals surface area contributed by atoms with Crippen LogP contribution in [0.5, 0.6) is 0 Å². The summed E-state index contributed by atoms with van der Waals surface area (Å²) in [5, 5.41) is 19.0. The minimum atomic E-state index is -0.496. The number of aromatic nitrogens is 2. The van der Waals surface area contributed by atoms with E-state index < -0.39 is 4.92 Å². The van der Waals surface area contributed by atoms with Crippen molar-refractivity contribution in [1.82, 2.24) is 9.78 Å². The third kappa shape index (κ3) is 3.57. The fraction of sp³-hybridized carbons (Fsp3) is 0.111. The van der Waals surface area contributed by atoms with Crippen LogP contribution < -0.4 is 5.32 Å². The van der Waals surface area contributed by atoms with Gasteiger partial charge in [0.05, 0.1) is 10.6 Å². The predicted molar refractivity (Wildman–Crippen MR) is 99.1 cm³/mol. The second-order valence-corrected chi connectivity index (χ2v) is 6.20. The first-order chi connectivity index (χ1) is 12.3. The highest BCUT2D eigenvalue weighted by atomic mass is 35.5. The molecule has 0 saturated heterocycles. The quantitative estimate of drug-likeness (QED) is 0.547. The molecule has 0 aliphatic rings. The first kappa shape index (κ1) is 17.6. The van der Waals surface area contributed by atoms with Crippen molar-refractivity contribution in [3.63, 3.8) is 0 Å². The molecule has 0 aliphatic carbocycles. The number of nitrogens with zero attached hydrogens (tertiary/aromatic N) is 3. The van der Waals surface area contributed by atoms with Crippen molar-refractivity contribution >= 4 is 28.9 Å². The molecule has 132 valence electrons. The van der Waals surface area contributed by atoms with Crippen LogP contribution in [0.3, 0.4) is 0 Å². The SMILES string of the molecule is Cc1cc(C)n(-c2ccc(NC(=O)c3ccc(Cl)cc3)cc2[N+](=O)[O-])n1. The Bertz CT molecular complexity index is 996. The Labute approximate surface area is 154 Å². The van der Waals surface area contributed by atoms with E-state index in [4.69, 9.17) is 11.6 Å². The second-order valence-electron chi connectivity index (χ2n) is 5.76. The highest BCUT2D eigenvalue weighted by molar-refractivity contribution is 6.30. The van der Waals surface area contributed by atoms with E-state index in [1.807, 2.05) is 19.9 Å². The lowest BCUT2D eigenvalue weighted by Crippen LogP contribution is -2.12. The van der Waals surface area contributed by atoms with Gasteiger partial charge in [-0.05, 0) is 56.3 Å². The van der Waals surface area contributed by atoms with Crippen molar-refractivity contribution in [3.05, 3.63) is 80.6 Å². The lowest BCUT2D eigenvalue weighted by molar-refractivity contribution is -0.384. The molecule has 7 nitrogen and oxygen atoms in total. The molecule has 8 heteroatoms. The third-order valence-electron chi connectivity index (χ3n) is 3.77. The van der Waals surface area contributed by atoms with E-state index in [1.165, 1.54) is 10.7 Å². The van der Waals surface area contributed by atoms with Crippen LogP contribution in [0.1, 0.15) is 21.7 Å². The highest BCUT2D eigenvalue weighted by Crippen LogP contribution is 2.28. The van der Waals surface area contributed by atoms with Crippen molar-refractivity contribution in [2.45, 2.75) is 13.8 Å². The molecule has 0 atom stereocenters. The second kappa shape index (κ2) is 6.97. The molecule has 26 heavy (non-hydrogen) atoms. The van der Waals surface area contributed by atoms with Gasteiger partial charge in [0.2, 0.25) is 0 Å². The van der Waals surface area contributed by atoms with Crippen molar-refractivity contribution < 1.29 is 9.72 Å². The zero-order valence-corrected chi connectivity index (χ0v) is 14.8. The Kier molecular flexibility index (Phi) is 4.73. The molecular weight excluding hydrogens is 356 g/mol. The predicted octanol–water partition coefficient (Wildman–Crippen LogP) is 4.30. The van der Waals surface area contributed by atoms with E-state index in [1.54, 1.807) is 36.4 Å². The molecule has 1 amide bonds. The van der Waals surface area contributed by atoms with Crippen molar-refractivity contribution in [2.75, 3.05) is 5.32 Å². The number of aryl methyl sites for hydroxylation is 2. The van der Waals surface area contributed by atoms with Crippen LogP contribution in [0.15, 0.2) is 48.5 Å². The number of halogens is 1. The average Bonchev–Trinajstić information content (AvgIpc) is 2.93. The van der Waals surface area contributed by atoms with Crippen LogP contribution in [0.2, 0.25) is 5.02 Å². The Morgan fingerprint density at radius 1 is 1.15 bits per heavy atom. The standard InChI is InChI=1S/C18H15ClN4O3/c1-11-9-12(2)22(21-11)16-8-7-15(10-17(16)23(25)26)20-18(24)13-3-5-14(19)6-4-13/h3-10H,1-2H3,(H,20,24). The molecule has 0 unspecified atom stereocenters. The van der Waals surface area contributed by atoms with E-state index in [-0.39, 0.29) is 11.6 Å². The van der Waals surface area contributed by atoms with E-state index in [9.17, 15) is 14.9 Å². The van der Waals surface area contributed by atoms with Gasteiger partial charge in [0, 0.05) is 28.0 Å². The van der Waals surface area contributed by atoms with Crippen LogP contribution in [-0.2, 0) is 0 Å². The molecule has 1 aromatic heterocycles. The van der Waals surface area contributed by atoms with Crippen LogP contribution in [0, 0.1) is 24.0 Å². The molecule has 3 aromatic rings. The lowest BCUT2D eigenvalue weighted by atomic mass is 10.2. The average molecular weight is 371 g/mol. The first-order valence-corrected chi connectivity index (χ1v) is 8.12. The van der Waals surface area contributed by atoms with Crippen LogP contribution in [-0.4, -0.2) is 20.6 Å². The number of nitro benzene ring substituents is 1. The molecule has 0 fully saturated rings. The Morgan fingerprint density at radius 2 is 1.85 bits per heavy atom. The minimum Gasteiger partial charge on any atom is -0.322 e. The third-order valence-corrected chi connectivity index (χ3v) is 4.03. The maximum Gasteiger partial charge on any atom is 0.296 e. The van der Waals surface area contributed by atoms with Crippen molar-refractivity contribution in [3.8, 4) is 5.69 Å². The van der Waals surface area contributed by atoms with Gasteiger partial charge < -0.3 is 5.32 Å². The molecular formula is C18H15ClN4O3. The molecule has 0 spiro atoms. The van der Waals surface area contributed by atoms with Gasteiger partial charge in [0.15, 0.2) is 0 Å². The van der Waals surface area contributed by atoms with E-state index in [0.717, 1.165) is 11.4 Å². The zero-order chi connectivity index (χ0) is 18.8. The Hall–Kier alpha value is -3.19. The summed E-state index contributed by atoms with van der Waals surface area (Å²) in [6.45, 7) is 3.63. The van der Waals surface area contributed by atoms with Gasteiger partial charge in [-0.3, -0.25) is 14.9 Å². The van der Waals surface area contributed by atoms with Gasteiger partial charge in [-0.2, -0.15) is 5.10 Å².